The fourth-order valence-corrected chi connectivity index (χ4v) is 1.67. The molecule has 1 unspecified atom stereocenters. The van der Waals surface area contributed by atoms with Crippen molar-refractivity contribution in [1.82, 2.24) is 0 Å². The third kappa shape index (κ3) is 6.03. The Labute approximate surface area is 116 Å². The number of hydrogen-bond donors (Lipinski definition) is 1. The van der Waals surface area contributed by atoms with Crippen LogP contribution in [0.4, 0.5) is 0 Å². The highest BCUT2D eigenvalue weighted by molar-refractivity contribution is 5.47. The van der Waals surface area contributed by atoms with Crippen LogP contribution in [0.15, 0.2) is 66.7 Å². The predicted molar refractivity (Wildman–Crippen MR) is 82.8 cm³/mol. The van der Waals surface area contributed by atoms with Crippen molar-refractivity contribution in [1.29, 1.82) is 0 Å². The van der Waals surface area contributed by atoms with Gasteiger partial charge in [0.2, 0.25) is 0 Å². The van der Waals surface area contributed by atoms with Crippen LogP contribution in [0.5, 0.6) is 0 Å². The van der Waals surface area contributed by atoms with E-state index in [2.05, 4.69) is 18.2 Å². The summed E-state index contributed by atoms with van der Waals surface area (Å²) in [6, 6.07) is 20.0. The molecule has 100 valence electrons. The SMILES string of the molecule is C/C=C/c1ccccc1.CCC(O)c1ccccc1. The Balaban J connectivity index is 0.000000191. The lowest BCUT2D eigenvalue weighted by molar-refractivity contribution is 0.173. The third-order valence-corrected chi connectivity index (χ3v) is 2.73. The van der Waals surface area contributed by atoms with E-state index < -0.39 is 0 Å². The standard InChI is InChI=1S/C9H12O.C9H10/c1-2-9(10)8-6-4-3-5-7-8;1-2-6-9-7-4-3-5-8-9/h3-7,9-10H,2H2,1H3;2-8H,1H3/b;6-2+. The molecule has 0 aliphatic heterocycles. The molecule has 0 bridgehead atoms. The second kappa shape index (κ2) is 9.12. The van der Waals surface area contributed by atoms with Crippen molar-refractivity contribution in [3.8, 4) is 0 Å². The molecule has 2 aromatic carbocycles. The molecule has 2 aromatic rings. The molecule has 0 saturated carbocycles. The molecule has 0 radical (unpaired) electrons. The van der Waals surface area contributed by atoms with Gasteiger partial charge in [-0.15, -0.1) is 0 Å². The lowest BCUT2D eigenvalue weighted by Crippen LogP contribution is -1.93. The quantitative estimate of drug-likeness (QED) is 0.830. The number of allylic oxidation sites excluding steroid dienone is 1. The molecule has 0 aliphatic carbocycles. The number of aliphatic hydroxyl groups excluding tert-OH is 1. The van der Waals surface area contributed by atoms with Crippen molar-refractivity contribution < 1.29 is 5.11 Å². The van der Waals surface area contributed by atoms with E-state index in [9.17, 15) is 5.11 Å². The first kappa shape index (κ1) is 15.2. The third-order valence-electron chi connectivity index (χ3n) is 2.73. The maximum Gasteiger partial charge on any atom is 0.0787 e. The van der Waals surface area contributed by atoms with Crippen LogP contribution in [-0.2, 0) is 0 Å². The Morgan fingerprint density at radius 3 is 1.95 bits per heavy atom. The molecule has 1 heteroatoms. The van der Waals surface area contributed by atoms with Crippen LogP contribution in [0.2, 0.25) is 0 Å². The minimum atomic E-state index is -0.291. The Morgan fingerprint density at radius 1 is 0.947 bits per heavy atom. The highest BCUT2D eigenvalue weighted by atomic mass is 16.3. The van der Waals surface area contributed by atoms with Gasteiger partial charge in [0.15, 0.2) is 0 Å². The molecule has 0 fully saturated rings. The van der Waals surface area contributed by atoms with Crippen molar-refractivity contribution in [2.75, 3.05) is 0 Å². The number of benzene rings is 2. The van der Waals surface area contributed by atoms with Crippen LogP contribution in [0.3, 0.4) is 0 Å². The van der Waals surface area contributed by atoms with E-state index in [0.29, 0.717) is 0 Å². The lowest BCUT2D eigenvalue weighted by Gasteiger charge is -2.05. The van der Waals surface area contributed by atoms with Gasteiger partial charge in [0, 0.05) is 0 Å². The van der Waals surface area contributed by atoms with E-state index in [0.717, 1.165) is 12.0 Å². The maximum absolute atomic E-state index is 9.33. The van der Waals surface area contributed by atoms with Crippen molar-refractivity contribution in [2.45, 2.75) is 26.4 Å². The number of rotatable bonds is 3. The van der Waals surface area contributed by atoms with Gasteiger partial charge in [-0.05, 0) is 24.5 Å². The summed E-state index contributed by atoms with van der Waals surface area (Å²) in [4.78, 5) is 0. The van der Waals surface area contributed by atoms with Crippen LogP contribution < -0.4 is 0 Å². The van der Waals surface area contributed by atoms with Gasteiger partial charge in [0.25, 0.3) is 0 Å². The summed E-state index contributed by atoms with van der Waals surface area (Å²) in [5.74, 6) is 0. The number of hydrogen-bond acceptors (Lipinski definition) is 1. The van der Waals surface area contributed by atoms with Gasteiger partial charge in [-0.25, -0.2) is 0 Å². The van der Waals surface area contributed by atoms with E-state index in [1.807, 2.05) is 68.5 Å². The Morgan fingerprint density at radius 2 is 1.47 bits per heavy atom. The summed E-state index contributed by atoms with van der Waals surface area (Å²) in [5.41, 5.74) is 2.27. The topological polar surface area (TPSA) is 20.2 Å². The summed E-state index contributed by atoms with van der Waals surface area (Å²) < 4.78 is 0. The van der Waals surface area contributed by atoms with Gasteiger partial charge >= 0.3 is 0 Å². The van der Waals surface area contributed by atoms with Crippen LogP contribution in [-0.4, -0.2) is 5.11 Å². The predicted octanol–water partition coefficient (Wildman–Crippen LogP) is 4.85. The smallest absolute Gasteiger partial charge is 0.0787 e. The molecule has 0 aliphatic rings. The van der Waals surface area contributed by atoms with Crippen LogP contribution in [0, 0.1) is 0 Å². The molecular formula is C18H22O. The molecule has 1 N–H and O–H groups in total. The van der Waals surface area contributed by atoms with E-state index >= 15 is 0 Å². The van der Waals surface area contributed by atoms with Crippen molar-refractivity contribution in [3.05, 3.63) is 77.9 Å². The lowest BCUT2D eigenvalue weighted by atomic mass is 10.1. The van der Waals surface area contributed by atoms with E-state index in [1.165, 1.54) is 5.56 Å². The summed E-state index contributed by atoms with van der Waals surface area (Å²) in [6.45, 7) is 3.99. The van der Waals surface area contributed by atoms with Gasteiger partial charge in [-0.3, -0.25) is 0 Å². The van der Waals surface area contributed by atoms with Crippen LogP contribution in [0.25, 0.3) is 6.08 Å². The first-order valence-corrected chi connectivity index (χ1v) is 6.68. The van der Waals surface area contributed by atoms with Gasteiger partial charge in [-0.2, -0.15) is 0 Å². The summed E-state index contributed by atoms with van der Waals surface area (Å²) >= 11 is 0. The number of aliphatic hydroxyl groups is 1. The van der Waals surface area contributed by atoms with Gasteiger partial charge in [0.1, 0.15) is 0 Å². The fourth-order valence-electron chi connectivity index (χ4n) is 1.67. The molecular weight excluding hydrogens is 232 g/mol. The molecule has 19 heavy (non-hydrogen) atoms. The molecule has 0 spiro atoms. The molecule has 0 saturated heterocycles. The van der Waals surface area contributed by atoms with E-state index in [1.54, 1.807) is 0 Å². The Hall–Kier alpha value is -1.86. The molecule has 1 nitrogen and oxygen atoms in total. The molecule has 0 heterocycles. The normalized spacial score (nSPS) is 11.7. The summed E-state index contributed by atoms with van der Waals surface area (Å²) in [6.07, 6.45) is 4.61. The largest absolute Gasteiger partial charge is 0.388 e. The maximum atomic E-state index is 9.33. The fraction of sp³-hybridized carbons (Fsp3) is 0.222. The monoisotopic (exact) mass is 254 g/mol. The first-order valence-electron chi connectivity index (χ1n) is 6.68. The van der Waals surface area contributed by atoms with Crippen molar-refractivity contribution >= 4 is 6.08 Å². The summed E-state index contributed by atoms with van der Waals surface area (Å²) in [5, 5.41) is 9.33. The first-order chi connectivity index (χ1) is 9.27. The van der Waals surface area contributed by atoms with Crippen molar-refractivity contribution in [3.63, 3.8) is 0 Å². The highest BCUT2D eigenvalue weighted by Crippen LogP contribution is 2.14. The molecule has 2 rings (SSSR count). The second-order valence-corrected chi connectivity index (χ2v) is 4.25. The molecule has 0 aromatic heterocycles. The van der Waals surface area contributed by atoms with Gasteiger partial charge in [0.05, 0.1) is 6.10 Å². The Bertz CT molecular complexity index is 460. The highest BCUT2D eigenvalue weighted by Gasteiger charge is 2.00. The summed E-state index contributed by atoms with van der Waals surface area (Å²) in [7, 11) is 0. The van der Waals surface area contributed by atoms with E-state index in [-0.39, 0.29) is 6.10 Å². The molecule has 0 amide bonds. The zero-order valence-corrected chi connectivity index (χ0v) is 11.7. The average molecular weight is 254 g/mol. The Kier molecular flexibility index (Phi) is 7.30. The van der Waals surface area contributed by atoms with Gasteiger partial charge in [-0.1, -0.05) is 79.7 Å². The second-order valence-electron chi connectivity index (χ2n) is 4.25. The van der Waals surface area contributed by atoms with E-state index in [4.69, 9.17) is 0 Å². The van der Waals surface area contributed by atoms with Crippen molar-refractivity contribution in [2.24, 2.45) is 0 Å². The van der Waals surface area contributed by atoms with Crippen LogP contribution >= 0.6 is 0 Å². The zero-order chi connectivity index (χ0) is 13.9. The van der Waals surface area contributed by atoms with Gasteiger partial charge < -0.3 is 5.11 Å². The average Bonchev–Trinajstić information content (AvgIpc) is 2.49. The minimum Gasteiger partial charge on any atom is -0.388 e. The molecule has 1 atom stereocenters. The van der Waals surface area contributed by atoms with Crippen LogP contribution in [0.1, 0.15) is 37.5 Å². The zero-order valence-electron chi connectivity index (χ0n) is 11.7. The minimum absolute atomic E-state index is 0.291.